The predicted octanol–water partition coefficient (Wildman–Crippen LogP) is 2.15. The number of hydrogen-bond donors (Lipinski definition) is 0. The molecular weight excluding hydrogens is 188 g/mol. The van der Waals surface area contributed by atoms with Crippen LogP contribution in [-0.2, 0) is 16.6 Å². The maximum atomic E-state index is 11.3. The van der Waals surface area contributed by atoms with Crippen molar-refractivity contribution >= 4 is 28.6 Å². The van der Waals surface area contributed by atoms with Gasteiger partial charge in [0.25, 0.3) is 0 Å². The highest BCUT2D eigenvalue weighted by atomic mass is 32.2. The fourth-order valence-corrected chi connectivity index (χ4v) is 3.77. The van der Waals surface area contributed by atoms with Crippen LogP contribution in [0, 0.1) is 0 Å². The van der Waals surface area contributed by atoms with Crippen LogP contribution in [0.5, 0.6) is 0 Å². The van der Waals surface area contributed by atoms with Crippen LogP contribution in [0.2, 0.25) is 0 Å². The lowest BCUT2D eigenvalue weighted by Crippen LogP contribution is -2.16. The summed E-state index contributed by atoms with van der Waals surface area (Å²) in [5, 5.41) is 0.175. The molecule has 12 heavy (non-hydrogen) atoms. The Balaban J connectivity index is 2.29. The van der Waals surface area contributed by atoms with Gasteiger partial charge in [0, 0.05) is 6.42 Å². The number of carbonyl (C=O) groups excluding carboxylic acids is 1. The molecule has 1 aliphatic heterocycles. The quantitative estimate of drug-likeness (QED) is 0.388. The Morgan fingerprint density at radius 1 is 1.58 bits per heavy atom. The van der Waals surface area contributed by atoms with Gasteiger partial charge in [-0.3, -0.25) is 4.79 Å². The molecule has 0 aromatic carbocycles. The fourth-order valence-electron chi connectivity index (χ4n) is 1.08. The second-order valence-corrected chi connectivity index (χ2v) is 6.00. The third-order valence-corrected chi connectivity index (χ3v) is 4.86. The van der Waals surface area contributed by atoms with Crippen LogP contribution in [0.1, 0.15) is 26.2 Å². The molecular formula is C9H15OS2+. The molecule has 0 aliphatic carbocycles. The van der Waals surface area contributed by atoms with E-state index in [1.165, 1.54) is 48.5 Å². The first kappa shape index (κ1) is 10.2. The van der Waals surface area contributed by atoms with Crippen LogP contribution < -0.4 is 0 Å². The van der Waals surface area contributed by atoms with Crippen LogP contribution in [0.15, 0.2) is 12.2 Å². The smallest absolute Gasteiger partial charge is 0.219 e. The summed E-state index contributed by atoms with van der Waals surface area (Å²) < 4.78 is 0.544. The summed E-state index contributed by atoms with van der Waals surface area (Å²) in [6.07, 6.45) is 3.82. The van der Waals surface area contributed by atoms with E-state index in [-0.39, 0.29) is 5.12 Å². The average Bonchev–Trinajstić information content (AvgIpc) is 2.06. The number of carbonyl (C=O) groups is 1. The van der Waals surface area contributed by atoms with Crippen molar-refractivity contribution in [3.63, 3.8) is 0 Å². The maximum Gasteiger partial charge on any atom is 0.219 e. The highest BCUT2D eigenvalue weighted by molar-refractivity contribution is 8.20. The van der Waals surface area contributed by atoms with Crippen molar-refractivity contribution in [1.82, 2.24) is 0 Å². The van der Waals surface area contributed by atoms with Crippen LogP contribution in [0.25, 0.3) is 0 Å². The van der Waals surface area contributed by atoms with Gasteiger partial charge < -0.3 is 0 Å². The molecule has 0 N–H and O–H groups in total. The van der Waals surface area contributed by atoms with Gasteiger partial charge in [-0.1, -0.05) is 6.58 Å². The Kier molecular flexibility index (Phi) is 4.22. The van der Waals surface area contributed by atoms with E-state index in [2.05, 4.69) is 6.58 Å². The van der Waals surface area contributed by atoms with Crippen molar-refractivity contribution in [1.29, 1.82) is 0 Å². The molecule has 3 heteroatoms. The zero-order valence-corrected chi connectivity index (χ0v) is 9.09. The molecule has 0 radical (unpaired) electrons. The van der Waals surface area contributed by atoms with Gasteiger partial charge in [-0.15, -0.1) is 0 Å². The highest BCUT2D eigenvalue weighted by Gasteiger charge is 2.24. The van der Waals surface area contributed by atoms with Gasteiger partial charge in [-0.25, -0.2) is 0 Å². The Morgan fingerprint density at radius 3 is 2.83 bits per heavy atom. The number of hydrogen-bond acceptors (Lipinski definition) is 2. The molecule has 1 nitrogen and oxygen atoms in total. The molecule has 1 fully saturated rings. The summed E-state index contributed by atoms with van der Waals surface area (Å²) in [6.45, 7) is 5.43. The van der Waals surface area contributed by atoms with E-state index in [0.29, 0.717) is 10.2 Å². The minimum Gasteiger partial charge on any atom is -0.282 e. The molecule has 0 amide bonds. The van der Waals surface area contributed by atoms with E-state index < -0.39 is 0 Å². The van der Waals surface area contributed by atoms with Crippen molar-refractivity contribution in [3.8, 4) is 0 Å². The number of thiol groups is 1. The largest absolute Gasteiger partial charge is 0.282 e. The summed E-state index contributed by atoms with van der Waals surface area (Å²) in [5.41, 5.74) is 0.681. The fraction of sp³-hybridized carbons (Fsp3) is 0.667. The maximum absolute atomic E-state index is 11.3. The summed E-state index contributed by atoms with van der Waals surface area (Å²) in [6, 6.07) is 0. The van der Waals surface area contributed by atoms with Crippen molar-refractivity contribution in [2.75, 3.05) is 5.75 Å². The molecule has 0 aromatic heterocycles. The molecule has 0 saturated carbocycles. The average molecular weight is 203 g/mol. The first-order valence-electron chi connectivity index (χ1n) is 4.23. The molecule has 68 valence electrons. The lowest BCUT2D eigenvalue weighted by Gasteiger charge is -2.12. The second-order valence-electron chi connectivity index (χ2n) is 3.04. The minimum absolute atomic E-state index is 0.175. The molecule has 1 unspecified atom stereocenters. The Morgan fingerprint density at radius 2 is 2.33 bits per heavy atom. The van der Waals surface area contributed by atoms with E-state index in [9.17, 15) is 4.79 Å². The minimum atomic E-state index is 0.175. The lowest BCUT2D eigenvalue weighted by molar-refractivity contribution is -0.107. The van der Waals surface area contributed by atoms with Crippen LogP contribution in [-0.4, -0.2) is 15.5 Å². The number of thioether (sulfide) groups is 1. The van der Waals surface area contributed by atoms with Crippen LogP contribution in [0.3, 0.4) is 0 Å². The summed E-state index contributed by atoms with van der Waals surface area (Å²) >= 11 is 2.92. The van der Waals surface area contributed by atoms with E-state index >= 15 is 0 Å². The van der Waals surface area contributed by atoms with Crippen molar-refractivity contribution < 1.29 is 4.79 Å². The zero-order chi connectivity index (χ0) is 8.97. The third kappa shape index (κ3) is 3.23. The van der Waals surface area contributed by atoms with Gasteiger partial charge in [0.15, 0.2) is 4.58 Å². The topological polar surface area (TPSA) is 17.1 Å². The summed E-state index contributed by atoms with van der Waals surface area (Å²) in [4.78, 5) is 11.3. The summed E-state index contributed by atoms with van der Waals surface area (Å²) in [5.74, 6) is 1.27. The molecule has 1 heterocycles. The van der Waals surface area contributed by atoms with Gasteiger partial charge in [0.1, 0.15) is 5.75 Å². The second kappa shape index (κ2) is 4.97. The molecule has 0 spiro atoms. The van der Waals surface area contributed by atoms with E-state index in [0.717, 1.165) is 0 Å². The van der Waals surface area contributed by atoms with Gasteiger partial charge in [0.05, 0.1) is 0 Å². The highest BCUT2D eigenvalue weighted by Crippen LogP contribution is 2.25. The summed E-state index contributed by atoms with van der Waals surface area (Å²) in [7, 11) is 0. The van der Waals surface area contributed by atoms with Crippen LogP contribution in [0.4, 0.5) is 0 Å². The lowest BCUT2D eigenvalue weighted by atomic mass is 10.3. The van der Waals surface area contributed by atoms with Crippen molar-refractivity contribution in [2.24, 2.45) is 0 Å². The zero-order valence-electron chi connectivity index (χ0n) is 7.38. The molecule has 1 rings (SSSR count). The molecule has 1 aliphatic rings. The normalized spacial score (nSPS) is 23.6. The first-order valence-corrected chi connectivity index (χ1v) is 6.26. The van der Waals surface area contributed by atoms with Gasteiger partial charge >= 0.3 is 0 Å². The SMILES string of the molecule is C=C(C)C(=O)SC1CCCC[SH+]1. The monoisotopic (exact) mass is 203 g/mol. The van der Waals surface area contributed by atoms with Gasteiger partial charge in [-0.2, -0.15) is 0 Å². The van der Waals surface area contributed by atoms with Crippen molar-refractivity contribution in [2.45, 2.75) is 30.8 Å². The molecule has 1 atom stereocenters. The standard InChI is InChI=1S/C9H14OS2/c1-7(2)9(10)12-8-5-3-4-6-11-8/h8H,1,3-6H2,2H3/p+1. The third-order valence-electron chi connectivity index (χ3n) is 1.78. The van der Waals surface area contributed by atoms with E-state index in [1.807, 2.05) is 0 Å². The Labute approximate surface area is 82.4 Å². The predicted molar refractivity (Wildman–Crippen MR) is 58.7 cm³/mol. The Bertz CT molecular complexity index is 183. The van der Waals surface area contributed by atoms with Gasteiger partial charge in [-0.05, 0) is 48.9 Å². The molecule has 1 saturated heterocycles. The van der Waals surface area contributed by atoms with Gasteiger partial charge in [0.2, 0.25) is 5.12 Å². The first-order chi connectivity index (χ1) is 5.70. The van der Waals surface area contributed by atoms with E-state index in [4.69, 9.17) is 0 Å². The van der Waals surface area contributed by atoms with Crippen LogP contribution >= 0.6 is 11.8 Å². The van der Waals surface area contributed by atoms with E-state index in [1.54, 1.807) is 6.92 Å². The molecule has 0 bridgehead atoms. The number of rotatable bonds is 2. The Hall–Kier alpha value is 0.110. The van der Waals surface area contributed by atoms with Crippen molar-refractivity contribution in [3.05, 3.63) is 12.2 Å². The molecule has 0 aromatic rings.